The van der Waals surface area contributed by atoms with E-state index < -0.39 is 5.97 Å². The van der Waals surface area contributed by atoms with Crippen LogP contribution in [0.5, 0.6) is 5.75 Å². The number of fused-ring (bicyclic) bond motifs is 5. The van der Waals surface area contributed by atoms with E-state index in [1.807, 2.05) is 24.3 Å². The third-order valence-electron chi connectivity index (χ3n) is 9.25. The molecule has 0 spiro atoms. The number of rotatable bonds is 5. The van der Waals surface area contributed by atoms with Crippen molar-refractivity contribution in [3.63, 3.8) is 0 Å². The monoisotopic (exact) mass is 464 g/mol. The van der Waals surface area contributed by atoms with Gasteiger partial charge in [0.2, 0.25) is 0 Å². The summed E-state index contributed by atoms with van der Waals surface area (Å²) in [6, 6.07) is 5.85. The number of Topliss-reactive ketones (excluding diaryl/α,β-unsaturated/α-hetero) is 1. The van der Waals surface area contributed by atoms with E-state index in [4.69, 9.17) is 4.74 Å². The molecule has 2 N–H and O–H groups in total. The van der Waals surface area contributed by atoms with Crippen LogP contribution in [0.1, 0.15) is 75.3 Å². The molecule has 3 unspecified atom stereocenters. The number of aliphatic hydroxyl groups excluding tert-OH is 1. The molecule has 0 heterocycles. The average Bonchev–Trinajstić information content (AvgIpc) is 3.08. The molecular formula is C29H36O5. The smallest absolute Gasteiger partial charge is 0.330 e. The summed E-state index contributed by atoms with van der Waals surface area (Å²) in [5, 5.41) is 21.2. The fraction of sp³-hybridized carbons (Fsp3) is 0.586. The normalized spacial score (nSPS) is 34.8. The quantitative estimate of drug-likeness (QED) is 0.473. The van der Waals surface area contributed by atoms with Crippen molar-refractivity contribution in [2.24, 2.45) is 23.2 Å². The molecule has 5 nitrogen and oxygen atoms in total. The Morgan fingerprint density at radius 1 is 1.26 bits per heavy atom. The van der Waals surface area contributed by atoms with Crippen molar-refractivity contribution in [3.05, 3.63) is 53.1 Å². The molecule has 2 fully saturated rings. The summed E-state index contributed by atoms with van der Waals surface area (Å²) in [7, 11) is 0. The van der Waals surface area contributed by atoms with Crippen LogP contribution in [-0.4, -0.2) is 34.7 Å². The van der Waals surface area contributed by atoms with E-state index in [9.17, 15) is 19.8 Å². The number of phenols is 1. The maximum absolute atomic E-state index is 12.2. The van der Waals surface area contributed by atoms with Gasteiger partial charge in [-0.3, -0.25) is 4.79 Å². The Morgan fingerprint density at radius 3 is 2.94 bits per heavy atom. The number of hydrogen-bond donors (Lipinski definition) is 2. The third kappa shape index (κ3) is 4.24. The van der Waals surface area contributed by atoms with Crippen LogP contribution in [0.2, 0.25) is 0 Å². The molecule has 0 amide bonds. The van der Waals surface area contributed by atoms with E-state index in [0.717, 1.165) is 44.9 Å². The van der Waals surface area contributed by atoms with Gasteiger partial charge in [-0.1, -0.05) is 25.1 Å². The summed E-state index contributed by atoms with van der Waals surface area (Å²) in [6.07, 6.45) is 12.9. The number of esters is 1. The van der Waals surface area contributed by atoms with Gasteiger partial charge in [-0.05, 0) is 104 Å². The zero-order chi connectivity index (χ0) is 23.9. The Labute approximate surface area is 201 Å². The Kier molecular flexibility index (Phi) is 6.41. The molecule has 4 aliphatic rings. The second-order valence-electron chi connectivity index (χ2n) is 11.1. The van der Waals surface area contributed by atoms with E-state index in [-0.39, 0.29) is 29.8 Å². The van der Waals surface area contributed by atoms with Gasteiger partial charge in [-0.15, -0.1) is 0 Å². The van der Waals surface area contributed by atoms with Crippen molar-refractivity contribution in [1.82, 2.24) is 0 Å². The Balaban J connectivity index is 1.20. The first-order valence-electron chi connectivity index (χ1n) is 12.9. The van der Waals surface area contributed by atoms with Gasteiger partial charge in [0.15, 0.2) is 5.78 Å². The first kappa shape index (κ1) is 23.3. The molecule has 2 saturated carbocycles. The Hall–Kier alpha value is -2.40. The summed E-state index contributed by atoms with van der Waals surface area (Å²) in [6.45, 7) is 2.31. The molecule has 5 rings (SSSR count). The van der Waals surface area contributed by atoms with Crippen LogP contribution < -0.4 is 0 Å². The zero-order valence-electron chi connectivity index (χ0n) is 20.0. The zero-order valence-corrected chi connectivity index (χ0v) is 20.0. The van der Waals surface area contributed by atoms with Crippen LogP contribution in [0.3, 0.4) is 0 Å². The largest absolute Gasteiger partial charge is 0.508 e. The van der Waals surface area contributed by atoms with E-state index in [1.165, 1.54) is 17.2 Å². The molecule has 4 aliphatic carbocycles. The second-order valence-corrected chi connectivity index (χ2v) is 11.1. The Morgan fingerprint density at radius 2 is 2.12 bits per heavy atom. The minimum absolute atomic E-state index is 0.0521. The van der Waals surface area contributed by atoms with Gasteiger partial charge < -0.3 is 14.9 Å². The van der Waals surface area contributed by atoms with Crippen molar-refractivity contribution in [3.8, 4) is 5.75 Å². The molecule has 6 atom stereocenters. The minimum atomic E-state index is -0.428. The maximum Gasteiger partial charge on any atom is 0.330 e. The highest BCUT2D eigenvalue weighted by Crippen LogP contribution is 2.62. The van der Waals surface area contributed by atoms with Gasteiger partial charge in [0.25, 0.3) is 0 Å². The topological polar surface area (TPSA) is 83.8 Å². The molecule has 0 saturated heterocycles. The van der Waals surface area contributed by atoms with Crippen LogP contribution in [0.4, 0.5) is 0 Å². The van der Waals surface area contributed by atoms with Gasteiger partial charge in [0, 0.05) is 18.1 Å². The molecule has 34 heavy (non-hydrogen) atoms. The number of carbonyl (C=O) groups excluding carboxylic acids is 2. The molecule has 0 aliphatic heterocycles. The van der Waals surface area contributed by atoms with Crippen LogP contribution in [-0.2, 0) is 20.7 Å². The van der Waals surface area contributed by atoms with Crippen molar-refractivity contribution < 1.29 is 24.5 Å². The van der Waals surface area contributed by atoms with E-state index in [2.05, 4.69) is 13.0 Å². The van der Waals surface area contributed by atoms with E-state index >= 15 is 0 Å². The summed E-state index contributed by atoms with van der Waals surface area (Å²) >= 11 is 0. The maximum atomic E-state index is 12.2. The summed E-state index contributed by atoms with van der Waals surface area (Å²) in [5.41, 5.74) is 3.20. The summed E-state index contributed by atoms with van der Waals surface area (Å²) < 4.78 is 5.28. The van der Waals surface area contributed by atoms with Gasteiger partial charge in [0.1, 0.15) is 12.4 Å². The number of ketones is 1. The van der Waals surface area contributed by atoms with Crippen molar-refractivity contribution in [1.29, 1.82) is 0 Å². The minimum Gasteiger partial charge on any atom is -0.508 e. The number of allylic oxidation sites excluding steroid dienone is 2. The van der Waals surface area contributed by atoms with Crippen LogP contribution in [0.25, 0.3) is 0 Å². The lowest BCUT2D eigenvalue weighted by Gasteiger charge is -2.50. The molecule has 1 aromatic carbocycles. The SMILES string of the molecule is C[C@]12CCC3c4ccc(O)cc4CCC3C1C[C@@H](C/C=C/C(=O)OCC1=CCCCC1=O)[C@@H]2O. The highest BCUT2D eigenvalue weighted by atomic mass is 16.5. The highest BCUT2D eigenvalue weighted by Gasteiger charge is 2.57. The van der Waals surface area contributed by atoms with Gasteiger partial charge in [-0.2, -0.15) is 0 Å². The van der Waals surface area contributed by atoms with Crippen molar-refractivity contribution in [2.45, 2.75) is 76.7 Å². The molecule has 182 valence electrons. The number of aryl methyl sites for hydroxylation is 1. The van der Waals surface area contributed by atoms with Crippen LogP contribution >= 0.6 is 0 Å². The molecule has 1 aromatic rings. The Bertz CT molecular complexity index is 1020. The third-order valence-corrected chi connectivity index (χ3v) is 9.25. The van der Waals surface area contributed by atoms with Crippen molar-refractivity contribution in [2.75, 3.05) is 6.61 Å². The first-order chi connectivity index (χ1) is 16.4. The lowest BCUT2D eigenvalue weighted by Crippen LogP contribution is -2.44. The number of aromatic hydroxyl groups is 1. The number of aliphatic hydroxyl groups is 1. The number of benzene rings is 1. The van der Waals surface area contributed by atoms with Crippen molar-refractivity contribution >= 4 is 11.8 Å². The predicted molar refractivity (Wildman–Crippen MR) is 129 cm³/mol. The number of phenolic OH excluding ortho intramolecular Hbond substituents is 1. The van der Waals surface area contributed by atoms with Crippen LogP contribution in [0, 0.1) is 23.2 Å². The fourth-order valence-corrected chi connectivity index (χ4v) is 7.44. The standard InChI is InChI=1S/C29H36O5/c1-29-14-13-23-22-12-10-21(30)15-18(22)9-11-24(23)25(29)16-19(28(29)33)6-4-8-27(32)34-17-20-5-2-3-7-26(20)31/h4-5,8,10,12,15,19,23-25,28,30,33H,2-3,6-7,9,11,13-14,16-17H2,1H3/b8-4+/t19-,23?,24?,25?,28+,29+/m1/s1. The number of carbonyl (C=O) groups is 2. The second kappa shape index (κ2) is 9.33. The average molecular weight is 465 g/mol. The number of hydrogen-bond acceptors (Lipinski definition) is 5. The van der Waals surface area contributed by atoms with Crippen LogP contribution in [0.15, 0.2) is 42.0 Å². The summed E-state index contributed by atoms with van der Waals surface area (Å²) in [5.74, 6) is 1.68. The molecule has 0 bridgehead atoms. The molecule has 0 aromatic heterocycles. The van der Waals surface area contributed by atoms with Gasteiger partial charge in [-0.25, -0.2) is 4.79 Å². The lowest BCUT2D eigenvalue weighted by molar-refractivity contribution is -0.137. The van der Waals surface area contributed by atoms with E-state index in [0.29, 0.717) is 41.9 Å². The molecular weight excluding hydrogens is 428 g/mol. The van der Waals surface area contributed by atoms with Gasteiger partial charge in [0.05, 0.1) is 6.10 Å². The summed E-state index contributed by atoms with van der Waals surface area (Å²) in [4.78, 5) is 24.0. The fourth-order valence-electron chi connectivity index (χ4n) is 7.44. The first-order valence-corrected chi connectivity index (χ1v) is 12.9. The van der Waals surface area contributed by atoms with E-state index in [1.54, 1.807) is 0 Å². The molecule has 5 heteroatoms. The number of ether oxygens (including phenoxy) is 1. The van der Waals surface area contributed by atoms with Gasteiger partial charge >= 0.3 is 5.97 Å². The molecule has 0 radical (unpaired) electrons. The predicted octanol–water partition coefficient (Wildman–Crippen LogP) is 5.00. The lowest BCUT2D eigenvalue weighted by atomic mass is 9.55. The highest BCUT2D eigenvalue weighted by molar-refractivity contribution is 5.96.